The van der Waals surface area contributed by atoms with E-state index >= 15 is 0 Å². The van der Waals surface area contributed by atoms with Gasteiger partial charge >= 0.3 is 0 Å². The van der Waals surface area contributed by atoms with Gasteiger partial charge in [-0.1, -0.05) is 6.92 Å². The lowest BCUT2D eigenvalue weighted by molar-refractivity contribution is 0.175. The minimum Gasteiger partial charge on any atom is -0.381 e. The molecule has 1 saturated heterocycles. The highest BCUT2D eigenvalue weighted by molar-refractivity contribution is 4.93. The molecule has 1 fully saturated rings. The predicted molar refractivity (Wildman–Crippen MR) is 63.4 cm³/mol. The molecule has 0 aliphatic carbocycles. The summed E-state index contributed by atoms with van der Waals surface area (Å²) in [5.41, 5.74) is 0. The number of aromatic nitrogens is 2. The first-order valence-corrected chi connectivity index (χ1v) is 6.10. The molecule has 0 radical (unpaired) electrons. The fraction of sp³-hybridized carbons (Fsp3) is 0.750. The lowest BCUT2D eigenvalue weighted by Gasteiger charge is -2.23. The number of imidazole rings is 1. The van der Waals surface area contributed by atoms with Gasteiger partial charge in [0.15, 0.2) is 0 Å². The van der Waals surface area contributed by atoms with Crippen molar-refractivity contribution in [3.63, 3.8) is 0 Å². The lowest BCUT2D eigenvalue weighted by atomic mass is 9.99. The highest BCUT2D eigenvalue weighted by atomic mass is 16.5. The van der Waals surface area contributed by atoms with Crippen molar-refractivity contribution >= 4 is 0 Å². The van der Waals surface area contributed by atoms with Crippen LogP contribution >= 0.6 is 0 Å². The maximum absolute atomic E-state index is 5.45. The van der Waals surface area contributed by atoms with Crippen molar-refractivity contribution in [2.45, 2.75) is 32.4 Å². The van der Waals surface area contributed by atoms with E-state index in [1.54, 1.807) is 0 Å². The van der Waals surface area contributed by atoms with Crippen molar-refractivity contribution in [1.82, 2.24) is 14.9 Å². The van der Waals surface area contributed by atoms with Crippen LogP contribution in [0, 0.1) is 5.92 Å². The third-order valence-electron chi connectivity index (χ3n) is 3.42. The van der Waals surface area contributed by atoms with Crippen LogP contribution in [-0.2, 0) is 17.7 Å². The first-order chi connectivity index (χ1) is 7.85. The molecular formula is C12H21N3O. The molecule has 1 aliphatic rings. The Bertz CT molecular complexity index is 318. The van der Waals surface area contributed by atoms with E-state index in [1.165, 1.54) is 12.2 Å². The minimum absolute atomic E-state index is 0.488. The highest BCUT2D eigenvalue weighted by Crippen LogP contribution is 2.18. The molecule has 0 amide bonds. The van der Waals surface area contributed by atoms with Crippen LogP contribution in [0.4, 0.5) is 0 Å². The molecule has 90 valence electrons. The molecule has 1 aliphatic heterocycles. The topological polar surface area (TPSA) is 39.1 Å². The Morgan fingerprint density at radius 3 is 3.19 bits per heavy atom. The molecule has 1 N–H and O–H groups in total. The molecule has 2 atom stereocenters. The molecule has 16 heavy (non-hydrogen) atoms. The van der Waals surface area contributed by atoms with Crippen LogP contribution in [-0.4, -0.2) is 35.9 Å². The van der Waals surface area contributed by atoms with E-state index in [-0.39, 0.29) is 0 Å². The smallest absolute Gasteiger partial charge is 0.108 e. The van der Waals surface area contributed by atoms with Crippen LogP contribution in [0.3, 0.4) is 0 Å². The summed E-state index contributed by atoms with van der Waals surface area (Å²) in [7, 11) is 2.03. The Labute approximate surface area is 97.0 Å². The van der Waals surface area contributed by atoms with Gasteiger partial charge in [-0.3, -0.25) is 0 Å². The van der Waals surface area contributed by atoms with Crippen molar-refractivity contribution in [3.8, 4) is 0 Å². The molecule has 0 saturated carbocycles. The van der Waals surface area contributed by atoms with Crippen LogP contribution < -0.4 is 5.32 Å². The Kier molecular flexibility index (Phi) is 3.96. The SMILES string of the molecule is CCc1nccn1CC(NC)C1CCOC1. The number of ether oxygens (including phenoxy) is 1. The fourth-order valence-corrected chi connectivity index (χ4v) is 2.38. The van der Waals surface area contributed by atoms with Crippen molar-refractivity contribution < 1.29 is 4.74 Å². The van der Waals surface area contributed by atoms with E-state index in [2.05, 4.69) is 28.0 Å². The van der Waals surface area contributed by atoms with Crippen LogP contribution in [0.2, 0.25) is 0 Å². The van der Waals surface area contributed by atoms with Gasteiger partial charge in [0.2, 0.25) is 0 Å². The van der Waals surface area contributed by atoms with E-state index in [1.807, 2.05) is 13.2 Å². The standard InChI is InChI=1S/C12H21N3O/c1-3-12-14-5-6-15(12)8-11(13-2)10-4-7-16-9-10/h5-6,10-11,13H,3-4,7-9H2,1-2H3. The maximum atomic E-state index is 5.45. The largest absolute Gasteiger partial charge is 0.381 e. The van der Waals surface area contributed by atoms with E-state index in [0.717, 1.165) is 26.2 Å². The van der Waals surface area contributed by atoms with Crippen molar-refractivity contribution in [2.24, 2.45) is 5.92 Å². The average Bonchev–Trinajstić information content (AvgIpc) is 2.96. The molecule has 0 aromatic carbocycles. The molecule has 1 aromatic heterocycles. The van der Waals surface area contributed by atoms with E-state index in [0.29, 0.717) is 12.0 Å². The summed E-state index contributed by atoms with van der Waals surface area (Å²) in [5, 5.41) is 3.40. The Hall–Kier alpha value is -0.870. The van der Waals surface area contributed by atoms with Gasteiger partial charge in [0.1, 0.15) is 5.82 Å². The van der Waals surface area contributed by atoms with Crippen molar-refractivity contribution in [2.75, 3.05) is 20.3 Å². The number of rotatable bonds is 5. The zero-order valence-electron chi connectivity index (χ0n) is 10.1. The molecule has 0 bridgehead atoms. The molecule has 2 heterocycles. The quantitative estimate of drug-likeness (QED) is 0.811. The van der Waals surface area contributed by atoms with Gasteiger partial charge < -0.3 is 14.6 Å². The summed E-state index contributed by atoms with van der Waals surface area (Å²) in [4.78, 5) is 4.35. The summed E-state index contributed by atoms with van der Waals surface area (Å²) < 4.78 is 7.70. The number of hydrogen-bond acceptors (Lipinski definition) is 3. The molecule has 4 nitrogen and oxygen atoms in total. The van der Waals surface area contributed by atoms with E-state index in [9.17, 15) is 0 Å². The van der Waals surface area contributed by atoms with Gasteiger partial charge in [0.25, 0.3) is 0 Å². The Morgan fingerprint density at radius 2 is 2.56 bits per heavy atom. The van der Waals surface area contributed by atoms with Gasteiger partial charge in [0.05, 0.1) is 6.61 Å². The van der Waals surface area contributed by atoms with Crippen molar-refractivity contribution in [1.29, 1.82) is 0 Å². The first-order valence-electron chi connectivity index (χ1n) is 6.10. The zero-order valence-corrected chi connectivity index (χ0v) is 10.1. The number of hydrogen-bond donors (Lipinski definition) is 1. The average molecular weight is 223 g/mol. The number of nitrogens with one attached hydrogen (secondary N) is 1. The third-order valence-corrected chi connectivity index (χ3v) is 3.42. The summed E-state index contributed by atoms with van der Waals surface area (Å²) in [6.07, 6.45) is 6.11. The fourth-order valence-electron chi connectivity index (χ4n) is 2.38. The number of likely N-dealkylation sites (N-methyl/N-ethyl adjacent to an activating group) is 1. The normalized spacial score (nSPS) is 22.5. The number of nitrogens with zero attached hydrogens (tertiary/aromatic N) is 2. The molecule has 1 aromatic rings. The van der Waals surface area contributed by atoms with Gasteiger partial charge in [-0.25, -0.2) is 4.98 Å². The molecule has 0 spiro atoms. The summed E-state index contributed by atoms with van der Waals surface area (Å²) >= 11 is 0. The van der Waals surface area contributed by atoms with Gasteiger partial charge in [-0.15, -0.1) is 0 Å². The second kappa shape index (κ2) is 5.46. The number of aryl methyl sites for hydroxylation is 1. The summed E-state index contributed by atoms with van der Waals surface area (Å²) in [6.45, 7) is 4.94. The second-order valence-electron chi connectivity index (χ2n) is 4.37. The molecule has 2 rings (SSSR count). The van der Waals surface area contributed by atoms with E-state index < -0.39 is 0 Å². The van der Waals surface area contributed by atoms with Crippen LogP contribution in [0.15, 0.2) is 12.4 Å². The Morgan fingerprint density at radius 1 is 1.69 bits per heavy atom. The third kappa shape index (κ3) is 2.44. The minimum atomic E-state index is 0.488. The summed E-state index contributed by atoms with van der Waals surface area (Å²) in [6, 6.07) is 0.488. The molecule has 2 unspecified atom stereocenters. The first kappa shape index (κ1) is 11.6. The van der Waals surface area contributed by atoms with Crippen molar-refractivity contribution in [3.05, 3.63) is 18.2 Å². The summed E-state index contributed by atoms with van der Waals surface area (Å²) in [5.74, 6) is 1.80. The zero-order chi connectivity index (χ0) is 11.4. The van der Waals surface area contributed by atoms with Gasteiger partial charge in [-0.05, 0) is 13.5 Å². The second-order valence-corrected chi connectivity index (χ2v) is 4.37. The van der Waals surface area contributed by atoms with Crippen LogP contribution in [0.1, 0.15) is 19.2 Å². The van der Waals surface area contributed by atoms with Crippen LogP contribution in [0.25, 0.3) is 0 Å². The predicted octanol–water partition coefficient (Wildman–Crippen LogP) is 1.07. The highest BCUT2D eigenvalue weighted by Gasteiger charge is 2.25. The van der Waals surface area contributed by atoms with Gasteiger partial charge in [0, 0.05) is 43.9 Å². The van der Waals surface area contributed by atoms with E-state index in [4.69, 9.17) is 4.74 Å². The maximum Gasteiger partial charge on any atom is 0.108 e. The van der Waals surface area contributed by atoms with Crippen LogP contribution in [0.5, 0.6) is 0 Å². The Balaban J connectivity index is 2.00. The lowest BCUT2D eigenvalue weighted by Crippen LogP contribution is -2.38. The molecule has 4 heteroatoms. The monoisotopic (exact) mass is 223 g/mol. The van der Waals surface area contributed by atoms with Gasteiger partial charge in [-0.2, -0.15) is 0 Å². The molecular weight excluding hydrogens is 202 g/mol.